The number of rotatable bonds is 5. The predicted octanol–water partition coefficient (Wildman–Crippen LogP) is 1.68. The number of hydrogen-bond acceptors (Lipinski definition) is 3. The molecule has 0 aromatic heterocycles. The van der Waals surface area contributed by atoms with Gasteiger partial charge in [-0.05, 0) is 12.5 Å². The lowest BCUT2D eigenvalue weighted by atomic mass is 10.1. The van der Waals surface area contributed by atoms with Crippen LogP contribution in [-0.4, -0.2) is 27.9 Å². The molecular weight excluding hydrogens is 293 g/mol. The lowest BCUT2D eigenvalue weighted by Gasteiger charge is -2.14. The van der Waals surface area contributed by atoms with E-state index in [1.807, 2.05) is 6.92 Å². The van der Waals surface area contributed by atoms with Crippen LogP contribution in [0.3, 0.4) is 0 Å². The smallest absolute Gasteiger partial charge is 0.325 e. The normalized spacial score (nSPS) is 18.0. The minimum atomic E-state index is -0.593. The maximum atomic E-state index is 14.2. The molecule has 5 nitrogen and oxygen atoms in total. The van der Waals surface area contributed by atoms with E-state index in [0.29, 0.717) is 6.42 Å². The lowest BCUT2D eigenvalue weighted by Crippen LogP contribution is -2.31. The summed E-state index contributed by atoms with van der Waals surface area (Å²) in [5, 5.41) is 2.60. The molecule has 1 atom stereocenters. The fourth-order valence-electron chi connectivity index (χ4n) is 2.27. The molecule has 0 spiro atoms. The van der Waals surface area contributed by atoms with Gasteiger partial charge in [-0.15, -0.1) is 0 Å². The van der Waals surface area contributed by atoms with E-state index in [4.69, 9.17) is 18.0 Å². The maximum absolute atomic E-state index is 14.2. The zero-order chi connectivity index (χ0) is 15.6. The SMILES string of the molecule is CCCC1NC(=O)N(Cc2cccc(C(N)=S)c2F)C1=O. The van der Waals surface area contributed by atoms with E-state index in [2.05, 4.69) is 5.32 Å². The van der Waals surface area contributed by atoms with Crippen molar-refractivity contribution in [3.8, 4) is 0 Å². The summed E-state index contributed by atoms with van der Waals surface area (Å²) in [5.41, 5.74) is 5.76. The van der Waals surface area contributed by atoms with Crippen LogP contribution >= 0.6 is 12.2 Å². The predicted molar refractivity (Wildman–Crippen MR) is 80.1 cm³/mol. The van der Waals surface area contributed by atoms with Crippen molar-refractivity contribution in [2.45, 2.75) is 32.4 Å². The van der Waals surface area contributed by atoms with Crippen LogP contribution in [0.25, 0.3) is 0 Å². The Morgan fingerprint density at radius 1 is 1.48 bits per heavy atom. The molecule has 1 saturated heterocycles. The highest BCUT2D eigenvalue weighted by Crippen LogP contribution is 2.19. The minimum absolute atomic E-state index is 0.0598. The van der Waals surface area contributed by atoms with Crippen LogP contribution in [-0.2, 0) is 11.3 Å². The molecule has 1 aromatic carbocycles. The van der Waals surface area contributed by atoms with Gasteiger partial charge in [0.15, 0.2) is 0 Å². The number of nitrogens with one attached hydrogen (secondary N) is 1. The van der Waals surface area contributed by atoms with Crippen LogP contribution in [0.2, 0.25) is 0 Å². The van der Waals surface area contributed by atoms with Gasteiger partial charge in [0.2, 0.25) is 0 Å². The fraction of sp³-hybridized carbons (Fsp3) is 0.357. The standard InChI is InChI=1S/C14H16FN3O2S/c1-2-4-10-13(19)18(14(20)17-10)7-8-5-3-6-9(11(8)15)12(16)21/h3,5-6,10H,2,4,7H2,1H3,(H2,16,21)(H,17,20). The number of amides is 3. The number of nitrogens with zero attached hydrogens (tertiary/aromatic N) is 1. The number of urea groups is 1. The highest BCUT2D eigenvalue weighted by atomic mass is 32.1. The first-order valence-electron chi connectivity index (χ1n) is 6.64. The van der Waals surface area contributed by atoms with Crippen molar-refractivity contribution in [3.05, 3.63) is 35.1 Å². The third-order valence-corrected chi connectivity index (χ3v) is 3.58. The molecule has 0 aliphatic carbocycles. The molecule has 1 fully saturated rings. The van der Waals surface area contributed by atoms with E-state index in [-0.39, 0.29) is 28.6 Å². The first-order chi connectivity index (χ1) is 9.95. The van der Waals surface area contributed by atoms with Gasteiger partial charge in [-0.25, -0.2) is 9.18 Å². The van der Waals surface area contributed by atoms with E-state index in [9.17, 15) is 14.0 Å². The van der Waals surface area contributed by atoms with Crippen molar-refractivity contribution < 1.29 is 14.0 Å². The van der Waals surface area contributed by atoms with Crippen molar-refractivity contribution >= 4 is 29.1 Å². The molecule has 2 rings (SSSR count). The Balaban J connectivity index is 2.23. The first-order valence-corrected chi connectivity index (χ1v) is 7.05. The summed E-state index contributed by atoms with van der Waals surface area (Å²) in [5.74, 6) is -0.925. The monoisotopic (exact) mass is 309 g/mol. The quantitative estimate of drug-likeness (QED) is 0.641. The fourth-order valence-corrected chi connectivity index (χ4v) is 2.43. The zero-order valence-electron chi connectivity index (χ0n) is 11.6. The van der Waals surface area contributed by atoms with E-state index in [1.54, 1.807) is 6.07 Å². The molecular formula is C14H16FN3O2S. The van der Waals surface area contributed by atoms with Crippen LogP contribution in [0.4, 0.5) is 9.18 Å². The van der Waals surface area contributed by atoms with Crippen molar-refractivity contribution in [1.82, 2.24) is 10.2 Å². The molecule has 1 heterocycles. The van der Waals surface area contributed by atoms with Crippen LogP contribution in [0.5, 0.6) is 0 Å². The zero-order valence-corrected chi connectivity index (χ0v) is 12.4. The third-order valence-electron chi connectivity index (χ3n) is 3.36. The summed E-state index contributed by atoms with van der Waals surface area (Å²) in [6, 6.07) is 3.54. The second-order valence-electron chi connectivity index (χ2n) is 4.86. The van der Waals surface area contributed by atoms with Crippen LogP contribution in [0.15, 0.2) is 18.2 Å². The highest BCUT2D eigenvalue weighted by Gasteiger charge is 2.37. The number of halogens is 1. The first kappa shape index (κ1) is 15.4. The highest BCUT2D eigenvalue weighted by molar-refractivity contribution is 7.80. The van der Waals surface area contributed by atoms with Gasteiger partial charge < -0.3 is 11.1 Å². The summed E-state index contributed by atoms with van der Waals surface area (Å²) in [4.78, 5) is 24.9. The second-order valence-corrected chi connectivity index (χ2v) is 5.30. The molecule has 1 aliphatic heterocycles. The number of carbonyl (C=O) groups excluding carboxylic acids is 2. The third kappa shape index (κ3) is 3.02. The molecule has 1 aliphatic rings. The molecule has 1 aromatic rings. The minimum Gasteiger partial charge on any atom is -0.389 e. The second kappa shape index (κ2) is 6.17. The van der Waals surface area contributed by atoms with Crippen LogP contribution < -0.4 is 11.1 Å². The number of thiocarbonyl (C=S) groups is 1. The summed E-state index contributed by atoms with van der Waals surface area (Å²) in [7, 11) is 0. The molecule has 0 radical (unpaired) electrons. The average molecular weight is 309 g/mol. The number of hydrogen-bond donors (Lipinski definition) is 2. The van der Waals surface area contributed by atoms with Crippen LogP contribution in [0, 0.1) is 5.82 Å². The van der Waals surface area contributed by atoms with E-state index >= 15 is 0 Å². The van der Waals surface area contributed by atoms with Crippen molar-refractivity contribution in [1.29, 1.82) is 0 Å². The van der Waals surface area contributed by atoms with Gasteiger partial charge in [0, 0.05) is 11.1 Å². The Labute approximate surface area is 127 Å². The molecule has 3 N–H and O–H groups in total. The molecule has 3 amide bonds. The maximum Gasteiger partial charge on any atom is 0.325 e. The molecule has 0 bridgehead atoms. The van der Waals surface area contributed by atoms with Gasteiger partial charge in [0.25, 0.3) is 5.91 Å². The van der Waals surface area contributed by atoms with E-state index in [1.165, 1.54) is 12.1 Å². The molecule has 21 heavy (non-hydrogen) atoms. The molecule has 1 unspecified atom stereocenters. The largest absolute Gasteiger partial charge is 0.389 e. The molecule has 0 saturated carbocycles. The summed E-state index contributed by atoms with van der Waals surface area (Å²) in [6.07, 6.45) is 1.34. The number of carbonyl (C=O) groups is 2. The Kier molecular flexibility index (Phi) is 4.52. The van der Waals surface area contributed by atoms with Gasteiger partial charge >= 0.3 is 6.03 Å². The topological polar surface area (TPSA) is 75.4 Å². The number of imide groups is 1. The van der Waals surface area contributed by atoms with Crippen molar-refractivity contribution in [2.75, 3.05) is 0 Å². The van der Waals surface area contributed by atoms with Gasteiger partial charge in [0.1, 0.15) is 16.8 Å². The summed E-state index contributed by atoms with van der Waals surface area (Å²) < 4.78 is 14.2. The number of benzene rings is 1. The number of nitrogens with two attached hydrogens (primary N) is 1. The summed E-state index contributed by atoms with van der Waals surface area (Å²) in [6.45, 7) is 1.79. The summed E-state index contributed by atoms with van der Waals surface area (Å²) >= 11 is 4.77. The van der Waals surface area contributed by atoms with E-state index < -0.39 is 17.9 Å². The van der Waals surface area contributed by atoms with Crippen molar-refractivity contribution in [2.24, 2.45) is 5.73 Å². The Hall–Kier alpha value is -2.02. The Morgan fingerprint density at radius 2 is 2.19 bits per heavy atom. The van der Waals surface area contributed by atoms with Crippen molar-refractivity contribution in [3.63, 3.8) is 0 Å². The molecule has 112 valence electrons. The Bertz CT molecular complexity index is 606. The van der Waals surface area contributed by atoms with Gasteiger partial charge in [0.05, 0.1) is 6.54 Å². The van der Waals surface area contributed by atoms with Crippen LogP contribution in [0.1, 0.15) is 30.9 Å². The van der Waals surface area contributed by atoms with Gasteiger partial charge in [-0.3, -0.25) is 9.69 Å². The molecule has 7 heteroatoms. The van der Waals surface area contributed by atoms with E-state index in [0.717, 1.165) is 11.3 Å². The average Bonchev–Trinajstić information content (AvgIpc) is 2.69. The van der Waals surface area contributed by atoms with Gasteiger partial charge in [-0.2, -0.15) is 0 Å². The lowest BCUT2D eigenvalue weighted by molar-refractivity contribution is -0.128. The van der Waals surface area contributed by atoms with Gasteiger partial charge in [-0.1, -0.05) is 37.7 Å². The Morgan fingerprint density at radius 3 is 2.81 bits per heavy atom.